The van der Waals surface area contributed by atoms with Crippen molar-refractivity contribution in [1.82, 2.24) is 10.3 Å². The van der Waals surface area contributed by atoms with Gasteiger partial charge in [0, 0.05) is 18.1 Å². The number of hydrogen-bond donors (Lipinski definition) is 5. The average Bonchev–Trinajstić information content (AvgIpc) is 2.56. The zero-order valence-electron chi connectivity index (χ0n) is 13.0. The Morgan fingerprint density at radius 2 is 1.36 bits per heavy atom. The molecule has 0 fully saturated rings. The second kappa shape index (κ2) is 11.1. The van der Waals surface area contributed by atoms with E-state index >= 15 is 0 Å². The Kier molecular flexibility index (Phi) is 9.51. The molecular formula is C15H16N2O8. The Morgan fingerprint density at radius 3 is 1.80 bits per heavy atom. The van der Waals surface area contributed by atoms with Gasteiger partial charge in [0.05, 0.1) is 5.52 Å². The molecule has 2 aromatic rings. The molecule has 0 aliphatic heterocycles. The largest absolute Gasteiger partial charge is 0.473 e. The normalized spacial score (nSPS) is 9.00. The Hall–Kier alpha value is -3.53. The van der Waals surface area contributed by atoms with Crippen molar-refractivity contribution in [2.24, 2.45) is 0 Å². The van der Waals surface area contributed by atoms with E-state index in [2.05, 4.69) is 34.6 Å². The number of hydrogen-bond acceptors (Lipinski definition) is 6. The van der Waals surface area contributed by atoms with E-state index in [9.17, 15) is 0 Å². The lowest BCUT2D eigenvalue weighted by Crippen LogP contribution is -2.09. The summed E-state index contributed by atoms with van der Waals surface area (Å²) in [5, 5.41) is 33.9. The number of aliphatic carboxylic acids is 4. The summed E-state index contributed by atoms with van der Waals surface area (Å²) in [5.41, 5.74) is 2.35. The van der Waals surface area contributed by atoms with Crippen LogP contribution in [-0.2, 0) is 25.7 Å². The quantitative estimate of drug-likeness (QED) is 0.472. The van der Waals surface area contributed by atoms with Gasteiger partial charge in [0.15, 0.2) is 0 Å². The molecule has 10 heteroatoms. The number of nitrogens with zero attached hydrogens (tertiary/aromatic N) is 1. The fraction of sp³-hybridized carbons (Fsp3) is 0.133. The summed E-state index contributed by atoms with van der Waals surface area (Å²) in [6.45, 7) is 0.869. The van der Waals surface area contributed by atoms with Gasteiger partial charge in [0.1, 0.15) is 0 Å². The summed E-state index contributed by atoms with van der Waals surface area (Å²) in [4.78, 5) is 40.8. The van der Waals surface area contributed by atoms with Crippen LogP contribution in [0.25, 0.3) is 10.9 Å². The molecule has 134 valence electrons. The molecule has 1 aromatic carbocycles. The van der Waals surface area contributed by atoms with E-state index in [1.165, 1.54) is 10.9 Å². The number of fused-ring (bicyclic) bond motifs is 1. The maximum atomic E-state index is 9.10. The number of benzene rings is 1. The summed E-state index contributed by atoms with van der Waals surface area (Å²) in [7, 11) is 1.95. The lowest BCUT2D eigenvalue weighted by molar-refractivity contribution is -0.159. The number of rotatable bonds is 2. The van der Waals surface area contributed by atoms with Gasteiger partial charge in [-0.1, -0.05) is 24.3 Å². The predicted molar refractivity (Wildman–Crippen MR) is 85.0 cm³/mol. The van der Waals surface area contributed by atoms with Crippen LogP contribution in [0.3, 0.4) is 0 Å². The van der Waals surface area contributed by atoms with E-state index in [1.807, 2.05) is 19.3 Å². The lowest BCUT2D eigenvalue weighted by Gasteiger charge is -2.03. The standard InChI is InChI=1S/C11H12N2.2C2H2O4/c1-12-8-10-5-2-4-9-6-3-7-13-11(9)10;2*3-1(4)2(5)6/h2-7,12H,8H2,1H3;2*(H,3,4)(H,5,6). The molecule has 0 aliphatic rings. The molecule has 0 aliphatic carbocycles. The first-order valence-corrected chi connectivity index (χ1v) is 6.60. The van der Waals surface area contributed by atoms with Crippen molar-refractivity contribution >= 4 is 34.8 Å². The van der Waals surface area contributed by atoms with E-state index in [1.54, 1.807) is 0 Å². The molecule has 0 unspecified atom stereocenters. The monoisotopic (exact) mass is 352 g/mol. The van der Waals surface area contributed by atoms with Crippen LogP contribution >= 0.6 is 0 Å². The van der Waals surface area contributed by atoms with Crippen LogP contribution in [0.4, 0.5) is 0 Å². The minimum absolute atomic E-state index is 0.869. The van der Waals surface area contributed by atoms with E-state index in [-0.39, 0.29) is 0 Å². The molecule has 0 radical (unpaired) electrons. The fourth-order valence-corrected chi connectivity index (χ4v) is 1.50. The van der Waals surface area contributed by atoms with Crippen LogP contribution in [0.5, 0.6) is 0 Å². The van der Waals surface area contributed by atoms with Gasteiger partial charge in [-0.3, -0.25) is 4.98 Å². The molecule has 0 saturated carbocycles. The number of nitrogens with one attached hydrogen (secondary N) is 1. The van der Waals surface area contributed by atoms with Gasteiger partial charge in [-0.25, -0.2) is 19.2 Å². The number of carbonyl (C=O) groups is 4. The first kappa shape index (κ1) is 21.5. The molecule has 0 amide bonds. The smallest absolute Gasteiger partial charge is 0.414 e. The zero-order chi connectivity index (χ0) is 19.4. The van der Waals surface area contributed by atoms with Crippen molar-refractivity contribution in [1.29, 1.82) is 0 Å². The van der Waals surface area contributed by atoms with Crippen molar-refractivity contribution < 1.29 is 39.6 Å². The van der Waals surface area contributed by atoms with Crippen LogP contribution in [0.2, 0.25) is 0 Å². The van der Waals surface area contributed by atoms with E-state index in [0.29, 0.717) is 0 Å². The number of pyridine rings is 1. The molecular weight excluding hydrogens is 336 g/mol. The third-order valence-electron chi connectivity index (χ3n) is 2.45. The Labute approximate surface area is 141 Å². The van der Waals surface area contributed by atoms with Crippen molar-refractivity contribution in [3.8, 4) is 0 Å². The van der Waals surface area contributed by atoms with E-state index in [4.69, 9.17) is 39.6 Å². The number of carboxylic acid groups (broad SMARTS) is 4. The fourth-order valence-electron chi connectivity index (χ4n) is 1.50. The highest BCUT2D eigenvalue weighted by atomic mass is 16.4. The van der Waals surface area contributed by atoms with Gasteiger partial charge in [-0.15, -0.1) is 0 Å². The molecule has 0 bridgehead atoms. The topological polar surface area (TPSA) is 174 Å². The van der Waals surface area contributed by atoms with Crippen molar-refractivity contribution in [3.63, 3.8) is 0 Å². The van der Waals surface area contributed by atoms with Crippen LogP contribution in [-0.4, -0.2) is 56.3 Å². The third kappa shape index (κ3) is 8.62. The van der Waals surface area contributed by atoms with E-state index in [0.717, 1.165) is 12.1 Å². The Morgan fingerprint density at radius 1 is 0.880 bits per heavy atom. The van der Waals surface area contributed by atoms with Crippen LogP contribution < -0.4 is 5.32 Å². The molecule has 25 heavy (non-hydrogen) atoms. The van der Waals surface area contributed by atoms with Gasteiger partial charge < -0.3 is 25.7 Å². The summed E-state index contributed by atoms with van der Waals surface area (Å²) < 4.78 is 0. The maximum Gasteiger partial charge on any atom is 0.414 e. The molecule has 10 nitrogen and oxygen atoms in total. The molecule has 2 rings (SSSR count). The maximum absolute atomic E-state index is 9.10. The van der Waals surface area contributed by atoms with Crippen LogP contribution in [0.1, 0.15) is 5.56 Å². The summed E-state index contributed by atoms with van der Waals surface area (Å²) >= 11 is 0. The molecule has 5 N–H and O–H groups in total. The van der Waals surface area contributed by atoms with Gasteiger partial charge in [-0.2, -0.15) is 0 Å². The first-order valence-electron chi connectivity index (χ1n) is 6.60. The van der Waals surface area contributed by atoms with Crippen molar-refractivity contribution in [2.45, 2.75) is 6.54 Å². The summed E-state index contributed by atoms with van der Waals surface area (Å²) in [5.74, 6) is -7.30. The van der Waals surface area contributed by atoms with Crippen LogP contribution in [0, 0.1) is 0 Å². The highest BCUT2D eigenvalue weighted by Gasteiger charge is 2.04. The highest BCUT2D eigenvalue weighted by Crippen LogP contribution is 2.15. The SMILES string of the molecule is CNCc1cccc2cccnc12.O=C(O)C(=O)O.O=C(O)C(=O)O. The predicted octanol–water partition coefficient (Wildman–Crippen LogP) is 0.265. The number of aromatic nitrogens is 1. The van der Waals surface area contributed by atoms with Gasteiger partial charge in [0.2, 0.25) is 0 Å². The lowest BCUT2D eigenvalue weighted by atomic mass is 10.1. The first-order chi connectivity index (χ1) is 11.7. The van der Waals surface area contributed by atoms with Gasteiger partial charge in [-0.05, 0) is 18.7 Å². The number of para-hydroxylation sites is 1. The molecule has 1 aromatic heterocycles. The molecule has 0 spiro atoms. The molecule has 0 atom stereocenters. The molecule has 1 heterocycles. The van der Waals surface area contributed by atoms with Crippen molar-refractivity contribution in [3.05, 3.63) is 42.1 Å². The zero-order valence-corrected chi connectivity index (χ0v) is 13.0. The average molecular weight is 352 g/mol. The van der Waals surface area contributed by atoms with E-state index < -0.39 is 23.9 Å². The second-order valence-corrected chi connectivity index (χ2v) is 4.24. The van der Waals surface area contributed by atoms with Crippen LogP contribution in [0.15, 0.2) is 36.5 Å². The second-order valence-electron chi connectivity index (χ2n) is 4.24. The van der Waals surface area contributed by atoms with Gasteiger partial charge in [0.25, 0.3) is 0 Å². The highest BCUT2D eigenvalue weighted by molar-refractivity contribution is 6.27. The minimum Gasteiger partial charge on any atom is -0.473 e. The Bertz CT molecular complexity index is 707. The summed E-state index contributed by atoms with van der Waals surface area (Å²) in [6.07, 6.45) is 1.83. The number of carboxylic acids is 4. The third-order valence-corrected chi connectivity index (χ3v) is 2.45. The van der Waals surface area contributed by atoms with Crippen molar-refractivity contribution in [2.75, 3.05) is 7.05 Å². The van der Waals surface area contributed by atoms with Gasteiger partial charge >= 0.3 is 23.9 Å². The summed E-state index contributed by atoms with van der Waals surface area (Å²) in [6, 6.07) is 10.3. The molecule has 0 saturated heterocycles. The minimum atomic E-state index is -1.82. The Balaban J connectivity index is 0.000000406.